The Morgan fingerprint density at radius 3 is 2.54 bits per heavy atom. The van der Waals surface area contributed by atoms with Crippen LogP contribution in [0.4, 0.5) is 0 Å². The van der Waals surface area contributed by atoms with Gasteiger partial charge in [0.1, 0.15) is 18.2 Å². The van der Waals surface area contributed by atoms with Crippen LogP contribution < -0.4 is 19.5 Å². The van der Waals surface area contributed by atoms with Gasteiger partial charge in [-0.2, -0.15) is 0 Å². The number of hydrogen-bond acceptors (Lipinski definition) is 5. The Morgan fingerprint density at radius 2 is 1.79 bits per heavy atom. The molecule has 3 rings (SSSR count). The molecule has 2 aromatic carbocycles. The normalized spacial score (nSPS) is 13.7. The fraction of sp³-hybridized carbons (Fsp3) is 0.316. The zero-order chi connectivity index (χ0) is 16.8. The highest BCUT2D eigenvalue weighted by atomic mass is 16.5. The molecule has 0 bridgehead atoms. The minimum absolute atomic E-state index is 0.394. The van der Waals surface area contributed by atoms with E-state index in [0.717, 1.165) is 42.2 Å². The van der Waals surface area contributed by atoms with Crippen molar-refractivity contribution in [1.29, 1.82) is 0 Å². The number of methoxy groups -OCH3 is 2. The summed E-state index contributed by atoms with van der Waals surface area (Å²) in [6.45, 7) is 2.14. The largest absolute Gasteiger partial charge is 0.496 e. The molecule has 0 amide bonds. The SMILES string of the molecule is COc1ccccc1COc1c(OC)cccc1C1=NCCCN1. The minimum atomic E-state index is 0.394. The number of rotatable bonds is 6. The summed E-state index contributed by atoms with van der Waals surface area (Å²) < 4.78 is 17.0. The van der Waals surface area contributed by atoms with Gasteiger partial charge in [-0.3, -0.25) is 4.99 Å². The summed E-state index contributed by atoms with van der Waals surface area (Å²) in [5, 5.41) is 3.34. The standard InChI is InChI=1S/C19H22N2O3/c1-22-16-9-4-3-7-14(16)13-24-18-15(8-5-10-17(18)23-2)19-20-11-6-12-21-19/h3-5,7-10H,6,11-13H2,1-2H3,(H,20,21). The van der Waals surface area contributed by atoms with E-state index in [2.05, 4.69) is 10.3 Å². The number of amidine groups is 1. The van der Waals surface area contributed by atoms with Gasteiger partial charge in [-0.05, 0) is 24.6 Å². The summed E-state index contributed by atoms with van der Waals surface area (Å²) in [7, 11) is 3.30. The monoisotopic (exact) mass is 326 g/mol. The molecule has 0 aliphatic carbocycles. The smallest absolute Gasteiger partial charge is 0.172 e. The van der Waals surface area contributed by atoms with Crippen LogP contribution in [0.3, 0.4) is 0 Å². The summed E-state index contributed by atoms with van der Waals surface area (Å²) >= 11 is 0. The van der Waals surface area contributed by atoms with Crippen molar-refractivity contribution in [3.8, 4) is 17.2 Å². The second kappa shape index (κ2) is 7.73. The zero-order valence-electron chi connectivity index (χ0n) is 14.0. The second-order valence-corrected chi connectivity index (χ2v) is 5.45. The first-order valence-corrected chi connectivity index (χ1v) is 8.04. The molecular weight excluding hydrogens is 304 g/mol. The van der Waals surface area contributed by atoms with Crippen LogP contribution in [0.2, 0.25) is 0 Å². The van der Waals surface area contributed by atoms with Crippen molar-refractivity contribution in [3.05, 3.63) is 53.6 Å². The van der Waals surface area contributed by atoms with Gasteiger partial charge in [0.2, 0.25) is 0 Å². The number of hydrogen-bond donors (Lipinski definition) is 1. The van der Waals surface area contributed by atoms with Crippen LogP contribution in [-0.4, -0.2) is 33.1 Å². The van der Waals surface area contributed by atoms with E-state index in [1.54, 1.807) is 14.2 Å². The zero-order valence-corrected chi connectivity index (χ0v) is 14.0. The molecule has 0 fully saturated rings. The van der Waals surface area contributed by atoms with Gasteiger partial charge >= 0.3 is 0 Å². The summed E-state index contributed by atoms with van der Waals surface area (Å²) in [6.07, 6.45) is 1.05. The lowest BCUT2D eigenvalue weighted by molar-refractivity contribution is 0.277. The molecule has 2 aromatic rings. The van der Waals surface area contributed by atoms with Crippen molar-refractivity contribution in [2.75, 3.05) is 27.3 Å². The molecule has 0 spiro atoms. The highest BCUT2D eigenvalue weighted by molar-refractivity contribution is 6.02. The molecular formula is C19H22N2O3. The topological polar surface area (TPSA) is 52.1 Å². The van der Waals surface area contributed by atoms with Gasteiger partial charge in [-0.25, -0.2) is 0 Å². The van der Waals surface area contributed by atoms with Gasteiger partial charge in [-0.1, -0.05) is 24.3 Å². The molecule has 0 saturated heterocycles. The van der Waals surface area contributed by atoms with Gasteiger partial charge in [0, 0.05) is 18.7 Å². The molecule has 126 valence electrons. The van der Waals surface area contributed by atoms with E-state index in [4.69, 9.17) is 14.2 Å². The molecule has 5 heteroatoms. The first-order valence-electron chi connectivity index (χ1n) is 8.04. The van der Waals surface area contributed by atoms with Crippen LogP contribution in [0.15, 0.2) is 47.5 Å². The summed E-state index contributed by atoms with van der Waals surface area (Å²) in [5.74, 6) is 3.05. The highest BCUT2D eigenvalue weighted by Crippen LogP contribution is 2.33. The first-order chi connectivity index (χ1) is 11.8. The van der Waals surface area contributed by atoms with Crippen molar-refractivity contribution in [2.24, 2.45) is 4.99 Å². The fourth-order valence-electron chi connectivity index (χ4n) is 2.70. The van der Waals surface area contributed by atoms with E-state index < -0.39 is 0 Å². The molecule has 0 saturated carbocycles. The van der Waals surface area contributed by atoms with Gasteiger partial charge in [0.05, 0.1) is 19.8 Å². The van der Waals surface area contributed by atoms with Crippen molar-refractivity contribution in [2.45, 2.75) is 13.0 Å². The maximum absolute atomic E-state index is 6.12. The van der Waals surface area contributed by atoms with Crippen LogP contribution in [0, 0.1) is 0 Å². The molecule has 0 radical (unpaired) electrons. The summed E-state index contributed by atoms with van der Waals surface area (Å²) in [6, 6.07) is 13.7. The van der Waals surface area contributed by atoms with Crippen molar-refractivity contribution >= 4 is 5.84 Å². The van der Waals surface area contributed by atoms with Crippen molar-refractivity contribution < 1.29 is 14.2 Å². The van der Waals surface area contributed by atoms with E-state index in [1.807, 2.05) is 42.5 Å². The van der Waals surface area contributed by atoms with E-state index in [9.17, 15) is 0 Å². The Bertz CT molecular complexity index is 728. The Morgan fingerprint density at radius 1 is 1.00 bits per heavy atom. The Kier molecular flexibility index (Phi) is 5.21. The Balaban J connectivity index is 1.90. The van der Waals surface area contributed by atoms with Crippen LogP contribution in [0.5, 0.6) is 17.2 Å². The number of ether oxygens (including phenoxy) is 3. The molecule has 5 nitrogen and oxygen atoms in total. The number of para-hydroxylation sites is 2. The van der Waals surface area contributed by atoms with Gasteiger partial charge < -0.3 is 19.5 Å². The Labute approximate surface area is 142 Å². The molecule has 0 unspecified atom stereocenters. The van der Waals surface area contributed by atoms with Crippen LogP contribution in [0.25, 0.3) is 0 Å². The number of nitrogens with zero attached hydrogens (tertiary/aromatic N) is 1. The van der Waals surface area contributed by atoms with E-state index in [1.165, 1.54) is 0 Å². The predicted octanol–water partition coefficient (Wildman–Crippen LogP) is 3.02. The average Bonchev–Trinajstić information content (AvgIpc) is 2.67. The molecule has 0 aromatic heterocycles. The van der Waals surface area contributed by atoms with Crippen molar-refractivity contribution in [3.63, 3.8) is 0 Å². The maximum Gasteiger partial charge on any atom is 0.172 e. The first kappa shape index (κ1) is 16.2. The summed E-state index contributed by atoms with van der Waals surface area (Å²) in [4.78, 5) is 4.57. The molecule has 1 aliphatic heterocycles. The van der Waals surface area contributed by atoms with Gasteiger partial charge in [0.25, 0.3) is 0 Å². The lowest BCUT2D eigenvalue weighted by Gasteiger charge is -2.20. The lowest BCUT2D eigenvalue weighted by atomic mass is 10.1. The second-order valence-electron chi connectivity index (χ2n) is 5.45. The molecule has 1 N–H and O–H groups in total. The number of aliphatic imine (C=N–C) groups is 1. The third kappa shape index (κ3) is 3.45. The third-order valence-electron chi connectivity index (χ3n) is 3.92. The Hall–Kier alpha value is -2.69. The fourth-order valence-corrected chi connectivity index (χ4v) is 2.70. The third-order valence-corrected chi connectivity index (χ3v) is 3.92. The molecule has 24 heavy (non-hydrogen) atoms. The van der Waals surface area contributed by atoms with E-state index in [-0.39, 0.29) is 0 Å². The minimum Gasteiger partial charge on any atom is -0.496 e. The highest BCUT2D eigenvalue weighted by Gasteiger charge is 2.17. The van der Waals surface area contributed by atoms with Crippen molar-refractivity contribution in [1.82, 2.24) is 5.32 Å². The van der Waals surface area contributed by atoms with Crippen LogP contribution in [-0.2, 0) is 6.61 Å². The number of benzene rings is 2. The summed E-state index contributed by atoms with van der Waals surface area (Å²) in [5.41, 5.74) is 1.90. The molecule has 1 aliphatic rings. The van der Waals surface area contributed by atoms with E-state index in [0.29, 0.717) is 18.1 Å². The predicted molar refractivity (Wildman–Crippen MR) is 94.3 cm³/mol. The van der Waals surface area contributed by atoms with Crippen LogP contribution >= 0.6 is 0 Å². The average molecular weight is 326 g/mol. The quantitative estimate of drug-likeness (QED) is 0.886. The molecule has 0 atom stereocenters. The lowest BCUT2D eigenvalue weighted by Crippen LogP contribution is -2.30. The van der Waals surface area contributed by atoms with Gasteiger partial charge in [0.15, 0.2) is 11.5 Å². The maximum atomic E-state index is 6.12. The van der Waals surface area contributed by atoms with Crippen LogP contribution in [0.1, 0.15) is 17.5 Å². The molecule has 1 heterocycles. The number of nitrogens with one attached hydrogen (secondary N) is 1. The van der Waals surface area contributed by atoms with E-state index >= 15 is 0 Å². The van der Waals surface area contributed by atoms with Gasteiger partial charge in [-0.15, -0.1) is 0 Å².